The Morgan fingerprint density at radius 2 is 1.63 bits per heavy atom. The van der Waals surface area contributed by atoms with E-state index in [1.165, 1.54) is 32.1 Å². The summed E-state index contributed by atoms with van der Waals surface area (Å²) in [5.74, 6) is -0.424. The molecule has 0 radical (unpaired) electrons. The lowest BCUT2D eigenvalue weighted by atomic mass is 9.79. The van der Waals surface area contributed by atoms with Gasteiger partial charge < -0.3 is 39.1 Å². The molecule has 0 aromatic carbocycles. The lowest BCUT2D eigenvalue weighted by Gasteiger charge is -2.44. The number of esters is 1. The number of aliphatic hydroxyl groups excluding tert-OH is 2. The zero-order chi connectivity index (χ0) is 37.9. The van der Waals surface area contributed by atoms with Gasteiger partial charge in [0.25, 0.3) is 0 Å². The summed E-state index contributed by atoms with van der Waals surface area (Å²) in [5.41, 5.74) is 0.982. The van der Waals surface area contributed by atoms with E-state index in [2.05, 4.69) is 22.8 Å². The van der Waals surface area contributed by atoms with Gasteiger partial charge in [-0.1, -0.05) is 51.8 Å². The van der Waals surface area contributed by atoms with E-state index >= 15 is 0 Å². The minimum absolute atomic E-state index is 0.0321. The van der Waals surface area contributed by atoms with Gasteiger partial charge in [0.2, 0.25) is 0 Å². The van der Waals surface area contributed by atoms with Crippen molar-refractivity contribution in [2.75, 3.05) is 53.4 Å². The molecule has 0 aliphatic carbocycles. The van der Waals surface area contributed by atoms with E-state index in [9.17, 15) is 19.8 Å². The molecule has 4 rings (SSSR count). The fraction of sp³-hybridized carbons (Fsp3) is 0.857. The minimum atomic E-state index is -1.01. The third kappa shape index (κ3) is 12.7. The van der Waals surface area contributed by atoms with Crippen LogP contribution >= 0.6 is 0 Å². The third-order valence-electron chi connectivity index (χ3n) is 12.5. The first-order valence-electron chi connectivity index (χ1n) is 20.6. The van der Waals surface area contributed by atoms with Gasteiger partial charge in [-0.25, -0.2) is 0 Å². The van der Waals surface area contributed by atoms with E-state index in [0.717, 1.165) is 57.2 Å². The SMILES string of the molecule is CCC1OC(=O)CC(O)C(C)C(OC2CC(N(C)C)C(O)C(C)O2)C(CCN2CCC(C)CC2)CC(C)C(=O)/C=C/C(C)=C/C1CN1CCCCC1. The molecule has 52 heavy (non-hydrogen) atoms. The second-order valence-electron chi connectivity index (χ2n) is 17.1. The Balaban J connectivity index is 1.66. The van der Waals surface area contributed by atoms with Gasteiger partial charge in [0, 0.05) is 36.8 Å². The van der Waals surface area contributed by atoms with Gasteiger partial charge in [-0.3, -0.25) is 9.59 Å². The van der Waals surface area contributed by atoms with Crippen molar-refractivity contribution in [3.63, 3.8) is 0 Å². The van der Waals surface area contributed by atoms with Crippen LogP contribution in [-0.4, -0.2) is 133 Å². The minimum Gasteiger partial charge on any atom is -0.462 e. The number of ketones is 1. The summed E-state index contributed by atoms with van der Waals surface area (Å²) in [7, 11) is 3.90. The molecule has 298 valence electrons. The fourth-order valence-corrected chi connectivity index (χ4v) is 8.84. The molecule has 0 amide bonds. The quantitative estimate of drug-likeness (QED) is 0.297. The maximum Gasteiger partial charge on any atom is 0.308 e. The number of carbonyl (C=O) groups is 2. The van der Waals surface area contributed by atoms with E-state index in [1.807, 2.05) is 59.7 Å². The second kappa shape index (κ2) is 20.9. The topological polar surface area (TPSA) is 112 Å². The number of carbonyl (C=O) groups excluding carboxylic acids is 2. The molecular formula is C42H73N3O7. The number of aliphatic hydroxyl groups is 2. The van der Waals surface area contributed by atoms with Crippen LogP contribution in [0.15, 0.2) is 23.8 Å². The van der Waals surface area contributed by atoms with Gasteiger partial charge in [0.05, 0.1) is 30.8 Å². The Morgan fingerprint density at radius 3 is 2.29 bits per heavy atom. The molecule has 10 nitrogen and oxygen atoms in total. The Labute approximate surface area is 315 Å². The van der Waals surface area contributed by atoms with Crippen LogP contribution in [0.4, 0.5) is 0 Å². The number of ether oxygens (including phenoxy) is 3. The first kappa shape index (κ1) is 43.1. The molecular weight excluding hydrogens is 658 g/mol. The number of allylic oxidation sites excluding steroid dienone is 3. The lowest BCUT2D eigenvalue weighted by Crippen LogP contribution is -2.55. The molecule has 0 bridgehead atoms. The first-order chi connectivity index (χ1) is 24.7. The lowest BCUT2D eigenvalue weighted by molar-refractivity contribution is -0.265. The highest BCUT2D eigenvalue weighted by atomic mass is 16.7. The molecule has 10 heteroatoms. The third-order valence-corrected chi connectivity index (χ3v) is 12.5. The molecule has 0 spiro atoms. The van der Waals surface area contributed by atoms with E-state index < -0.39 is 42.6 Å². The predicted molar refractivity (Wildman–Crippen MR) is 206 cm³/mol. The number of likely N-dealkylation sites (N-methyl/N-ethyl adjacent to an activating group) is 1. The molecule has 0 aromatic heterocycles. The number of hydrogen-bond acceptors (Lipinski definition) is 10. The molecule has 3 fully saturated rings. The summed E-state index contributed by atoms with van der Waals surface area (Å²) in [6.07, 6.45) is 10.6. The molecule has 4 aliphatic heterocycles. The van der Waals surface area contributed by atoms with Crippen molar-refractivity contribution in [1.29, 1.82) is 0 Å². The van der Waals surface area contributed by atoms with Crippen molar-refractivity contribution in [3.05, 3.63) is 23.8 Å². The number of cyclic esters (lactones) is 1. The highest BCUT2D eigenvalue weighted by Crippen LogP contribution is 2.35. The molecule has 2 N–H and O–H groups in total. The Bertz CT molecular complexity index is 1160. The van der Waals surface area contributed by atoms with Gasteiger partial charge in [-0.15, -0.1) is 0 Å². The number of nitrogens with zero attached hydrogens (tertiary/aromatic N) is 3. The van der Waals surface area contributed by atoms with Crippen molar-refractivity contribution >= 4 is 11.8 Å². The van der Waals surface area contributed by atoms with Gasteiger partial charge in [-0.2, -0.15) is 0 Å². The normalized spacial score (nSPS) is 39.2. The fourth-order valence-electron chi connectivity index (χ4n) is 8.84. The molecule has 3 saturated heterocycles. The predicted octanol–water partition coefficient (Wildman–Crippen LogP) is 5.46. The van der Waals surface area contributed by atoms with Crippen LogP contribution in [0.5, 0.6) is 0 Å². The number of likely N-dealkylation sites (tertiary alicyclic amines) is 2. The summed E-state index contributed by atoms with van der Waals surface area (Å²) in [5, 5.41) is 22.7. The summed E-state index contributed by atoms with van der Waals surface area (Å²) < 4.78 is 19.4. The van der Waals surface area contributed by atoms with Crippen LogP contribution in [0.1, 0.15) is 106 Å². The van der Waals surface area contributed by atoms with Gasteiger partial charge in [0.15, 0.2) is 12.1 Å². The van der Waals surface area contributed by atoms with Crippen molar-refractivity contribution < 1.29 is 34.0 Å². The first-order valence-corrected chi connectivity index (χ1v) is 20.6. The molecule has 0 aromatic rings. The summed E-state index contributed by atoms with van der Waals surface area (Å²) in [6, 6.07) is -0.158. The van der Waals surface area contributed by atoms with Crippen LogP contribution in [-0.2, 0) is 23.8 Å². The smallest absolute Gasteiger partial charge is 0.308 e. The molecule has 4 heterocycles. The van der Waals surface area contributed by atoms with Crippen molar-refractivity contribution in [2.24, 2.45) is 29.6 Å². The summed E-state index contributed by atoms with van der Waals surface area (Å²) in [4.78, 5) is 34.4. The average molecular weight is 732 g/mol. The van der Waals surface area contributed by atoms with Gasteiger partial charge in [0.1, 0.15) is 6.10 Å². The Kier molecular flexibility index (Phi) is 17.3. The molecule has 11 atom stereocenters. The average Bonchev–Trinajstić information content (AvgIpc) is 3.11. The Hall–Kier alpha value is -1.66. The largest absolute Gasteiger partial charge is 0.462 e. The molecule has 4 aliphatic rings. The summed E-state index contributed by atoms with van der Waals surface area (Å²) >= 11 is 0. The molecule has 11 unspecified atom stereocenters. The number of hydrogen-bond donors (Lipinski definition) is 2. The standard InChI is InChI=1S/C42H73N3O7/c1-9-38-34(27-45-18-11-10-12-19-45)23-29(3)13-14-36(46)30(4)24-33(17-22-44-20-15-28(2)16-21-44)42(31(5)37(47)26-39(48)51-38)52-40-25-35(43(7)8)41(49)32(6)50-40/h13-14,23,28,30-35,37-38,40-42,47,49H,9-12,15-22,24-27H2,1-8H3/b14-13+,29-23+. The zero-order valence-corrected chi connectivity index (χ0v) is 33.8. The van der Waals surface area contributed by atoms with Crippen molar-refractivity contribution in [3.8, 4) is 0 Å². The van der Waals surface area contributed by atoms with E-state index in [4.69, 9.17) is 14.2 Å². The van der Waals surface area contributed by atoms with Crippen LogP contribution < -0.4 is 0 Å². The van der Waals surface area contributed by atoms with E-state index in [0.29, 0.717) is 19.3 Å². The van der Waals surface area contributed by atoms with Crippen LogP contribution in [0.3, 0.4) is 0 Å². The maximum absolute atomic E-state index is 13.8. The molecule has 0 saturated carbocycles. The highest BCUT2D eigenvalue weighted by Gasteiger charge is 2.42. The van der Waals surface area contributed by atoms with Gasteiger partial charge in [-0.05, 0) is 124 Å². The van der Waals surface area contributed by atoms with Crippen molar-refractivity contribution in [2.45, 2.75) is 149 Å². The zero-order valence-electron chi connectivity index (χ0n) is 33.8. The maximum atomic E-state index is 13.8. The van der Waals surface area contributed by atoms with Crippen molar-refractivity contribution in [1.82, 2.24) is 14.7 Å². The Morgan fingerprint density at radius 1 is 0.942 bits per heavy atom. The summed E-state index contributed by atoms with van der Waals surface area (Å²) in [6.45, 7) is 18.0. The number of piperidine rings is 2. The van der Waals surface area contributed by atoms with Crippen LogP contribution in [0.25, 0.3) is 0 Å². The van der Waals surface area contributed by atoms with E-state index in [-0.39, 0.29) is 42.1 Å². The van der Waals surface area contributed by atoms with E-state index in [1.54, 1.807) is 6.08 Å². The number of rotatable bonds is 9. The monoisotopic (exact) mass is 732 g/mol. The van der Waals surface area contributed by atoms with Crippen LogP contribution in [0, 0.1) is 29.6 Å². The highest BCUT2D eigenvalue weighted by molar-refractivity contribution is 5.91. The van der Waals surface area contributed by atoms with Gasteiger partial charge >= 0.3 is 5.97 Å². The van der Waals surface area contributed by atoms with Crippen LogP contribution in [0.2, 0.25) is 0 Å². The second-order valence-corrected chi connectivity index (χ2v) is 17.1.